The van der Waals surface area contributed by atoms with Crippen LogP contribution in [-0.4, -0.2) is 42.3 Å². The highest BCUT2D eigenvalue weighted by atomic mass is 16.3. The van der Waals surface area contributed by atoms with Crippen molar-refractivity contribution < 1.29 is 9.90 Å². The first-order chi connectivity index (χ1) is 14.8. The number of fused-ring (bicyclic) bond motifs is 1. The number of nitriles is 1. The minimum atomic E-state index is -0.618. The van der Waals surface area contributed by atoms with Gasteiger partial charge in [0.1, 0.15) is 11.6 Å². The van der Waals surface area contributed by atoms with Crippen LogP contribution in [0.1, 0.15) is 19.0 Å². The molecule has 1 heterocycles. The van der Waals surface area contributed by atoms with Crippen molar-refractivity contribution in [1.82, 2.24) is 9.88 Å². The Hall–Kier alpha value is -3.56. The van der Waals surface area contributed by atoms with Crippen LogP contribution in [0.3, 0.4) is 0 Å². The van der Waals surface area contributed by atoms with Gasteiger partial charge in [-0.3, -0.25) is 4.79 Å². The molecule has 6 heteroatoms. The Kier molecular flexibility index (Phi) is 6.78. The zero-order valence-electron chi connectivity index (χ0n) is 18.4. The molecular formula is C25H28N4O2. The van der Waals surface area contributed by atoms with E-state index < -0.39 is 12.0 Å². The molecule has 2 aromatic carbocycles. The second-order valence-electron chi connectivity index (χ2n) is 7.79. The predicted octanol–water partition coefficient (Wildman–Crippen LogP) is 3.71. The maximum atomic E-state index is 12.3. The molecule has 31 heavy (non-hydrogen) atoms. The third-order valence-corrected chi connectivity index (χ3v) is 5.42. The van der Waals surface area contributed by atoms with Gasteiger partial charge in [-0.25, -0.2) is 0 Å². The molecule has 1 amide bonds. The highest BCUT2D eigenvalue weighted by Crippen LogP contribution is 2.28. The van der Waals surface area contributed by atoms with Crippen molar-refractivity contribution >= 4 is 28.4 Å². The van der Waals surface area contributed by atoms with Gasteiger partial charge in [-0.1, -0.05) is 25.1 Å². The van der Waals surface area contributed by atoms with Gasteiger partial charge in [0.2, 0.25) is 0 Å². The van der Waals surface area contributed by atoms with Gasteiger partial charge in [0.05, 0.1) is 6.10 Å². The largest absolute Gasteiger partial charge is 0.391 e. The van der Waals surface area contributed by atoms with Gasteiger partial charge in [0.15, 0.2) is 0 Å². The summed E-state index contributed by atoms with van der Waals surface area (Å²) in [5.41, 5.74) is 3.96. The van der Waals surface area contributed by atoms with Gasteiger partial charge in [0.25, 0.3) is 5.91 Å². The maximum Gasteiger partial charge on any atom is 0.262 e. The van der Waals surface area contributed by atoms with E-state index >= 15 is 0 Å². The average Bonchev–Trinajstić information content (AvgIpc) is 3.14. The van der Waals surface area contributed by atoms with Crippen molar-refractivity contribution in [2.24, 2.45) is 7.05 Å². The number of benzene rings is 2. The Morgan fingerprint density at radius 2 is 1.90 bits per heavy atom. The van der Waals surface area contributed by atoms with Crippen molar-refractivity contribution in [2.75, 3.05) is 25.5 Å². The average molecular weight is 417 g/mol. The fraction of sp³-hybridized carbons (Fsp3) is 0.280. The zero-order chi connectivity index (χ0) is 22.5. The van der Waals surface area contributed by atoms with Gasteiger partial charge in [0, 0.05) is 44.8 Å². The number of aromatic nitrogens is 1. The molecule has 160 valence electrons. The minimum absolute atomic E-state index is 0.00535. The SMILES string of the molecule is CCC(O)CNC(=O)/C(C#N)=C/c1ccc(-c2ccc3cc(N(C)C)ccc3c2)n1C. The summed E-state index contributed by atoms with van der Waals surface area (Å²) in [7, 11) is 5.96. The van der Waals surface area contributed by atoms with Crippen molar-refractivity contribution in [1.29, 1.82) is 5.26 Å². The predicted molar refractivity (Wildman–Crippen MR) is 126 cm³/mol. The number of aliphatic hydroxyl groups excluding tert-OH is 1. The van der Waals surface area contributed by atoms with E-state index in [2.05, 4.69) is 46.6 Å². The van der Waals surface area contributed by atoms with E-state index in [4.69, 9.17) is 0 Å². The highest BCUT2D eigenvalue weighted by molar-refractivity contribution is 6.01. The molecule has 1 unspecified atom stereocenters. The first kappa shape index (κ1) is 22.1. The van der Waals surface area contributed by atoms with Crippen molar-refractivity contribution in [3.8, 4) is 17.3 Å². The van der Waals surface area contributed by atoms with E-state index in [0.717, 1.165) is 28.0 Å². The summed E-state index contributed by atoms with van der Waals surface area (Å²) in [4.78, 5) is 14.4. The summed E-state index contributed by atoms with van der Waals surface area (Å²) in [5.74, 6) is -0.486. The highest BCUT2D eigenvalue weighted by Gasteiger charge is 2.13. The summed E-state index contributed by atoms with van der Waals surface area (Å²) in [6.07, 6.45) is 1.49. The van der Waals surface area contributed by atoms with Crippen LogP contribution in [-0.2, 0) is 11.8 Å². The number of hydrogen-bond acceptors (Lipinski definition) is 4. The number of amides is 1. The standard InChI is InChI=1S/C25H28N4O2/c1-5-23(30)16-27-25(31)20(15-26)14-22-10-11-24(29(22)4)19-7-6-18-13-21(28(2)3)9-8-17(18)12-19/h6-14,23,30H,5,16H2,1-4H3,(H,27,31)/b20-14+. The van der Waals surface area contributed by atoms with E-state index in [1.165, 1.54) is 5.39 Å². The van der Waals surface area contributed by atoms with Gasteiger partial charge in [-0.15, -0.1) is 0 Å². The van der Waals surface area contributed by atoms with Gasteiger partial charge >= 0.3 is 0 Å². The van der Waals surface area contributed by atoms with E-state index in [0.29, 0.717) is 6.42 Å². The lowest BCUT2D eigenvalue weighted by molar-refractivity contribution is -0.117. The molecule has 0 radical (unpaired) electrons. The monoisotopic (exact) mass is 416 g/mol. The van der Waals surface area contributed by atoms with Crippen LogP contribution in [0.25, 0.3) is 28.1 Å². The number of carbonyl (C=O) groups is 1. The number of aliphatic hydroxyl groups is 1. The molecule has 0 aliphatic carbocycles. The number of rotatable bonds is 7. The molecule has 6 nitrogen and oxygen atoms in total. The summed E-state index contributed by atoms with van der Waals surface area (Å²) in [6, 6.07) is 18.5. The Morgan fingerprint density at radius 1 is 1.19 bits per heavy atom. The fourth-order valence-corrected chi connectivity index (χ4v) is 3.38. The summed E-state index contributed by atoms with van der Waals surface area (Å²) >= 11 is 0. The maximum absolute atomic E-state index is 12.3. The zero-order valence-corrected chi connectivity index (χ0v) is 18.4. The molecule has 0 bridgehead atoms. The lowest BCUT2D eigenvalue weighted by Crippen LogP contribution is -2.32. The number of hydrogen-bond donors (Lipinski definition) is 2. The van der Waals surface area contributed by atoms with Gasteiger partial charge < -0.3 is 19.9 Å². The van der Waals surface area contributed by atoms with E-state index in [-0.39, 0.29) is 12.1 Å². The van der Waals surface area contributed by atoms with Crippen molar-refractivity contribution in [3.05, 3.63) is 59.8 Å². The van der Waals surface area contributed by atoms with E-state index in [9.17, 15) is 15.2 Å². The third kappa shape index (κ3) is 4.96. The van der Waals surface area contributed by atoms with Gasteiger partial charge in [-0.05, 0) is 59.2 Å². The van der Waals surface area contributed by atoms with E-state index in [1.54, 1.807) is 6.08 Å². The molecule has 0 aliphatic heterocycles. The van der Waals surface area contributed by atoms with E-state index in [1.807, 2.05) is 50.8 Å². The molecule has 0 fully saturated rings. The topological polar surface area (TPSA) is 81.3 Å². The summed E-state index contributed by atoms with van der Waals surface area (Å²) < 4.78 is 1.96. The Balaban J connectivity index is 1.88. The van der Waals surface area contributed by atoms with Crippen molar-refractivity contribution in [3.63, 3.8) is 0 Å². The Morgan fingerprint density at radius 3 is 2.58 bits per heavy atom. The molecule has 1 aromatic heterocycles. The first-order valence-electron chi connectivity index (χ1n) is 10.3. The first-order valence-corrected chi connectivity index (χ1v) is 10.3. The molecule has 1 atom stereocenters. The molecule has 3 rings (SSSR count). The summed E-state index contributed by atoms with van der Waals surface area (Å²) in [6.45, 7) is 1.96. The molecule has 0 aliphatic rings. The quantitative estimate of drug-likeness (QED) is 0.454. The lowest BCUT2D eigenvalue weighted by Gasteiger charge is -2.13. The molecule has 0 saturated heterocycles. The number of anilines is 1. The molecule has 3 aromatic rings. The van der Waals surface area contributed by atoms with Crippen molar-refractivity contribution in [2.45, 2.75) is 19.4 Å². The lowest BCUT2D eigenvalue weighted by atomic mass is 10.0. The fourth-order valence-electron chi connectivity index (χ4n) is 3.38. The Bertz CT molecular complexity index is 1170. The summed E-state index contributed by atoms with van der Waals surface area (Å²) in [5, 5.41) is 24.0. The number of nitrogens with zero attached hydrogens (tertiary/aromatic N) is 3. The van der Waals surface area contributed by atoms with Crippen LogP contribution in [0.15, 0.2) is 54.1 Å². The van der Waals surface area contributed by atoms with Crippen LogP contribution in [0.2, 0.25) is 0 Å². The number of nitrogens with one attached hydrogen (secondary N) is 1. The van der Waals surface area contributed by atoms with Crippen LogP contribution < -0.4 is 10.2 Å². The molecule has 0 spiro atoms. The van der Waals surface area contributed by atoms with Crippen LogP contribution in [0, 0.1) is 11.3 Å². The molecule has 2 N–H and O–H groups in total. The second kappa shape index (κ2) is 9.50. The normalized spacial score (nSPS) is 12.5. The third-order valence-electron chi connectivity index (χ3n) is 5.42. The molecule has 0 saturated carbocycles. The smallest absolute Gasteiger partial charge is 0.262 e. The van der Waals surface area contributed by atoms with Crippen LogP contribution in [0.4, 0.5) is 5.69 Å². The van der Waals surface area contributed by atoms with Crippen LogP contribution in [0.5, 0.6) is 0 Å². The Labute approximate surface area is 183 Å². The molecular weight excluding hydrogens is 388 g/mol. The van der Waals surface area contributed by atoms with Gasteiger partial charge in [-0.2, -0.15) is 5.26 Å². The second-order valence-corrected chi connectivity index (χ2v) is 7.79. The van der Waals surface area contributed by atoms with Crippen LogP contribution >= 0.6 is 0 Å². The number of carbonyl (C=O) groups excluding carboxylic acids is 1. The minimum Gasteiger partial charge on any atom is -0.391 e.